The zero-order valence-corrected chi connectivity index (χ0v) is 11.7. The SMILES string of the molecule is NC1CCCCC1N1C[C@H](CCCB(O)O)[C@@H](N)C1. The highest BCUT2D eigenvalue weighted by Gasteiger charge is 2.36. The molecule has 0 aromatic rings. The first-order chi connectivity index (χ1) is 9.08. The molecule has 2 aliphatic rings. The first-order valence-corrected chi connectivity index (χ1v) is 7.69. The van der Waals surface area contributed by atoms with Gasteiger partial charge in [-0.3, -0.25) is 4.90 Å². The fourth-order valence-corrected chi connectivity index (χ4v) is 3.66. The third-order valence-corrected chi connectivity index (χ3v) is 4.81. The maximum atomic E-state index is 8.88. The topological polar surface area (TPSA) is 95.7 Å². The van der Waals surface area contributed by atoms with E-state index in [1.54, 1.807) is 0 Å². The molecule has 1 aliphatic carbocycles. The average Bonchev–Trinajstić information content (AvgIpc) is 2.71. The molecule has 1 saturated carbocycles. The molecule has 1 heterocycles. The summed E-state index contributed by atoms with van der Waals surface area (Å²) in [6.45, 7) is 1.98. The smallest absolute Gasteiger partial charge is 0.427 e. The lowest BCUT2D eigenvalue weighted by molar-refractivity contribution is 0.161. The highest BCUT2D eigenvalue weighted by Crippen LogP contribution is 2.29. The second kappa shape index (κ2) is 7.04. The van der Waals surface area contributed by atoms with Crippen molar-refractivity contribution in [3.05, 3.63) is 0 Å². The molecule has 1 saturated heterocycles. The van der Waals surface area contributed by atoms with E-state index in [4.69, 9.17) is 21.5 Å². The first-order valence-electron chi connectivity index (χ1n) is 7.69. The van der Waals surface area contributed by atoms with E-state index in [2.05, 4.69) is 4.90 Å². The summed E-state index contributed by atoms with van der Waals surface area (Å²) in [5, 5.41) is 17.8. The van der Waals surface area contributed by atoms with E-state index in [9.17, 15) is 0 Å². The van der Waals surface area contributed by atoms with Gasteiger partial charge in [0.1, 0.15) is 0 Å². The van der Waals surface area contributed by atoms with Crippen LogP contribution in [0.25, 0.3) is 0 Å². The maximum absolute atomic E-state index is 8.88. The summed E-state index contributed by atoms with van der Waals surface area (Å²) >= 11 is 0. The summed E-state index contributed by atoms with van der Waals surface area (Å²) < 4.78 is 0. The maximum Gasteiger partial charge on any atom is 0.451 e. The molecular formula is C13H28BN3O2. The van der Waals surface area contributed by atoms with Gasteiger partial charge in [0.05, 0.1) is 0 Å². The van der Waals surface area contributed by atoms with Crippen LogP contribution in [-0.4, -0.2) is 53.3 Å². The van der Waals surface area contributed by atoms with Gasteiger partial charge in [-0.05, 0) is 31.5 Å². The van der Waals surface area contributed by atoms with Crippen molar-refractivity contribution in [2.75, 3.05) is 13.1 Å². The Morgan fingerprint density at radius 3 is 2.47 bits per heavy atom. The molecule has 6 heteroatoms. The van der Waals surface area contributed by atoms with Crippen molar-refractivity contribution >= 4 is 7.12 Å². The zero-order chi connectivity index (χ0) is 13.8. The van der Waals surface area contributed by atoms with Gasteiger partial charge in [0.15, 0.2) is 0 Å². The summed E-state index contributed by atoms with van der Waals surface area (Å²) in [4.78, 5) is 2.48. The van der Waals surface area contributed by atoms with Crippen LogP contribution in [0.2, 0.25) is 6.32 Å². The fourth-order valence-electron chi connectivity index (χ4n) is 3.66. The minimum absolute atomic E-state index is 0.213. The Morgan fingerprint density at radius 2 is 1.79 bits per heavy atom. The van der Waals surface area contributed by atoms with Crippen molar-refractivity contribution in [1.29, 1.82) is 0 Å². The number of nitrogens with two attached hydrogens (primary N) is 2. The first kappa shape index (κ1) is 15.3. The third-order valence-electron chi connectivity index (χ3n) is 4.81. The van der Waals surface area contributed by atoms with Gasteiger partial charge in [0, 0.05) is 31.2 Å². The van der Waals surface area contributed by atoms with Crippen molar-refractivity contribution in [3.63, 3.8) is 0 Å². The van der Waals surface area contributed by atoms with E-state index in [0.717, 1.165) is 32.4 Å². The molecule has 19 heavy (non-hydrogen) atoms. The minimum Gasteiger partial charge on any atom is -0.427 e. The van der Waals surface area contributed by atoms with Crippen molar-refractivity contribution in [3.8, 4) is 0 Å². The molecule has 110 valence electrons. The standard InChI is InChI=1S/C13H28BN3O2/c15-11-5-1-2-6-13(11)17-8-10(12(16)9-17)4-3-7-14(18)19/h10-13,18-19H,1-9,15-16H2/t10-,11?,12-,13?/m0/s1. The van der Waals surface area contributed by atoms with Crippen LogP contribution >= 0.6 is 0 Å². The van der Waals surface area contributed by atoms with Gasteiger partial charge in [-0.25, -0.2) is 0 Å². The van der Waals surface area contributed by atoms with Crippen LogP contribution in [0.4, 0.5) is 0 Å². The van der Waals surface area contributed by atoms with Crippen LogP contribution in [-0.2, 0) is 0 Å². The minimum atomic E-state index is -1.18. The Bertz CT molecular complexity index is 281. The quantitative estimate of drug-likeness (QED) is 0.517. The van der Waals surface area contributed by atoms with Crippen LogP contribution in [0.15, 0.2) is 0 Å². The summed E-state index contributed by atoms with van der Waals surface area (Å²) in [7, 11) is -1.18. The lowest BCUT2D eigenvalue weighted by atomic mass is 9.81. The van der Waals surface area contributed by atoms with Crippen molar-refractivity contribution in [1.82, 2.24) is 4.90 Å². The molecule has 2 rings (SSSR count). The van der Waals surface area contributed by atoms with Crippen LogP contribution < -0.4 is 11.5 Å². The van der Waals surface area contributed by atoms with E-state index < -0.39 is 7.12 Å². The van der Waals surface area contributed by atoms with Crippen LogP contribution in [0.1, 0.15) is 38.5 Å². The van der Waals surface area contributed by atoms with Gasteiger partial charge in [0.2, 0.25) is 0 Å². The predicted octanol–water partition coefficient (Wildman–Crippen LogP) is -0.232. The number of hydrogen-bond donors (Lipinski definition) is 4. The van der Waals surface area contributed by atoms with Crippen molar-refractivity contribution in [2.45, 2.75) is 63.0 Å². The summed E-state index contributed by atoms with van der Waals surface area (Å²) in [6.07, 6.45) is 7.15. The number of likely N-dealkylation sites (tertiary alicyclic amines) is 1. The Balaban J connectivity index is 1.79. The van der Waals surface area contributed by atoms with Gasteiger partial charge >= 0.3 is 7.12 Å². The second-order valence-corrected chi connectivity index (χ2v) is 6.31. The number of rotatable bonds is 5. The highest BCUT2D eigenvalue weighted by molar-refractivity contribution is 6.40. The normalized spacial score (nSPS) is 36.6. The van der Waals surface area contributed by atoms with Crippen molar-refractivity contribution in [2.24, 2.45) is 17.4 Å². The zero-order valence-electron chi connectivity index (χ0n) is 11.7. The van der Waals surface area contributed by atoms with Gasteiger partial charge in [-0.1, -0.05) is 19.3 Å². The van der Waals surface area contributed by atoms with Crippen LogP contribution in [0.3, 0.4) is 0 Å². The molecule has 2 unspecified atom stereocenters. The molecule has 4 atom stereocenters. The molecule has 0 radical (unpaired) electrons. The summed E-state index contributed by atoms with van der Waals surface area (Å²) in [6, 6.07) is 1.03. The van der Waals surface area contributed by atoms with E-state index in [0.29, 0.717) is 24.3 Å². The Kier molecular flexibility index (Phi) is 5.65. The number of hydrogen-bond acceptors (Lipinski definition) is 5. The van der Waals surface area contributed by atoms with Crippen LogP contribution in [0, 0.1) is 5.92 Å². The monoisotopic (exact) mass is 269 g/mol. The molecule has 5 nitrogen and oxygen atoms in total. The molecule has 6 N–H and O–H groups in total. The van der Waals surface area contributed by atoms with Gasteiger partial charge in [-0.15, -0.1) is 0 Å². The lowest BCUT2D eigenvalue weighted by Gasteiger charge is -2.36. The van der Waals surface area contributed by atoms with Gasteiger partial charge in [0.25, 0.3) is 0 Å². The lowest BCUT2D eigenvalue weighted by Crippen LogP contribution is -2.49. The van der Waals surface area contributed by atoms with Gasteiger partial charge in [-0.2, -0.15) is 0 Å². The Labute approximate surface area is 116 Å². The van der Waals surface area contributed by atoms with Crippen LogP contribution in [0.5, 0.6) is 0 Å². The molecule has 2 fully saturated rings. The molecule has 1 aliphatic heterocycles. The Hall–Kier alpha value is -0.135. The summed E-state index contributed by atoms with van der Waals surface area (Å²) in [5.74, 6) is 0.480. The Morgan fingerprint density at radius 1 is 1.05 bits per heavy atom. The third kappa shape index (κ3) is 4.16. The number of nitrogens with zero attached hydrogens (tertiary/aromatic N) is 1. The van der Waals surface area contributed by atoms with E-state index in [1.165, 1.54) is 19.3 Å². The fraction of sp³-hybridized carbons (Fsp3) is 1.00. The predicted molar refractivity (Wildman–Crippen MR) is 77.5 cm³/mol. The molecule has 0 amide bonds. The van der Waals surface area contributed by atoms with E-state index >= 15 is 0 Å². The van der Waals surface area contributed by atoms with E-state index in [1.807, 2.05) is 0 Å². The van der Waals surface area contributed by atoms with Gasteiger partial charge < -0.3 is 21.5 Å². The molecule has 0 bridgehead atoms. The molecule has 0 aromatic carbocycles. The molecule has 0 spiro atoms. The highest BCUT2D eigenvalue weighted by atomic mass is 16.4. The molecule has 0 aromatic heterocycles. The second-order valence-electron chi connectivity index (χ2n) is 6.31. The largest absolute Gasteiger partial charge is 0.451 e. The average molecular weight is 269 g/mol. The molecular weight excluding hydrogens is 241 g/mol. The summed E-state index contributed by atoms with van der Waals surface area (Å²) in [5.41, 5.74) is 12.5. The van der Waals surface area contributed by atoms with E-state index in [-0.39, 0.29) is 6.04 Å². The van der Waals surface area contributed by atoms with Crippen molar-refractivity contribution < 1.29 is 10.0 Å².